The number of hydrogen-bond acceptors (Lipinski definition) is 5. The van der Waals surface area contributed by atoms with Gasteiger partial charge in [-0.05, 0) is 61.7 Å². The molecule has 0 unspecified atom stereocenters. The Morgan fingerprint density at radius 2 is 1.72 bits per heavy atom. The number of nitrogens with one attached hydrogen (secondary N) is 3. The van der Waals surface area contributed by atoms with Gasteiger partial charge in [-0.2, -0.15) is 0 Å². The van der Waals surface area contributed by atoms with Crippen molar-refractivity contribution in [3.05, 3.63) is 59.7 Å². The molecule has 0 saturated carbocycles. The van der Waals surface area contributed by atoms with Crippen LogP contribution in [0, 0.1) is 0 Å². The summed E-state index contributed by atoms with van der Waals surface area (Å²) in [6.45, 7) is 2.79. The number of rotatable bonds is 10. The molecule has 0 atom stereocenters. The number of anilines is 2. The number of nitrogens with zero attached hydrogens (tertiary/aromatic N) is 1. The summed E-state index contributed by atoms with van der Waals surface area (Å²) in [5, 5.41) is 8.67. The molecular formula is C24H30N4O4. The maximum absolute atomic E-state index is 12.4. The number of carbonyl (C=O) groups excluding carboxylic acids is 3. The van der Waals surface area contributed by atoms with Crippen LogP contribution in [0.3, 0.4) is 0 Å². The Morgan fingerprint density at radius 3 is 2.44 bits per heavy atom. The highest BCUT2D eigenvalue weighted by Gasteiger charge is 2.19. The number of carbonyl (C=O) groups is 3. The Bertz CT molecular complexity index is 924. The lowest BCUT2D eigenvalue weighted by atomic mass is 10.2. The fourth-order valence-electron chi connectivity index (χ4n) is 3.48. The van der Waals surface area contributed by atoms with Crippen LogP contribution in [0.5, 0.6) is 0 Å². The monoisotopic (exact) mass is 438 g/mol. The quantitative estimate of drug-likeness (QED) is 0.496. The Labute approximate surface area is 188 Å². The minimum Gasteiger partial charge on any atom is -0.385 e. The molecule has 8 heteroatoms. The van der Waals surface area contributed by atoms with Gasteiger partial charge in [0.15, 0.2) is 0 Å². The van der Waals surface area contributed by atoms with Gasteiger partial charge in [-0.3, -0.25) is 14.4 Å². The Morgan fingerprint density at radius 1 is 0.969 bits per heavy atom. The Hall–Kier alpha value is -3.39. The highest BCUT2D eigenvalue weighted by Crippen LogP contribution is 2.16. The molecule has 0 bridgehead atoms. The van der Waals surface area contributed by atoms with E-state index >= 15 is 0 Å². The van der Waals surface area contributed by atoms with Gasteiger partial charge in [-0.25, -0.2) is 0 Å². The van der Waals surface area contributed by atoms with E-state index < -0.39 is 0 Å². The standard InChI is InChI=1S/C24H30N4O4/c1-32-15-5-12-25-23(30)19-6-4-7-21(16-19)26-17-22(29)27-20-10-8-18(9-11-20)24(31)28-13-2-3-14-28/h4,6-11,16,26H,2-3,5,12-15,17H2,1H3,(H,25,30)(H,27,29). The van der Waals surface area contributed by atoms with Crippen molar-refractivity contribution in [3.63, 3.8) is 0 Å². The highest BCUT2D eigenvalue weighted by atomic mass is 16.5. The molecule has 3 amide bonds. The zero-order valence-corrected chi connectivity index (χ0v) is 18.4. The van der Waals surface area contributed by atoms with Crippen LogP contribution >= 0.6 is 0 Å². The first-order valence-electron chi connectivity index (χ1n) is 10.9. The van der Waals surface area contributed by atoms with Crippen LogP contribution in [0.1, 0.15) is 40.0 Å². The molecule has 1 aliphatic rings. The van der Waals surface area contributed by atoms with Gasteiger partial charge in [0.2, 0.25) is 5.91 Å². The van der Waals surface area contributed by atoms with Crippen LogP contribution in [0.25, 0.3) is 0 Å². The van der Waals surface area contributed by atoms with Gasteiger partial charge in [0.05, 0.1) is 6.54 Å². The largest absolute Gasteiger partial charge is 0.385 e. The fourth-order valence-corrected chi connectivity index (χ4v) is 3.48. The molecule has 1 heterocycles. The van der Waals surface area contributed by atoms with Crippen LogP contribution < -0.4 is 16.0 Å². The van der Waals surface area contributed by atoms with Crippen LogP contribution in [0.4, 0.5) is 11.4 Å². The number of likely N-dealkylation sites (tertiary alicyclic amines) is 1. The van der Waals surface area contributed by atoms with Gasteiger partial charge in [0.1, 0.15) is 0 Å². The van der Waals surface area contributed by atoms with E-state index in [0.29, 0.717) is 35.7 Å². The van der Waals surface area contributed by atoms with E-state index in [-0.39, 0.29) is 24.3 Å². The van der Waals surface area contributed by atoms with E-state index in [1.54, 1.807) is 55.6 Å². The molecule has 32 heavy (non-hydrogen) atoms. The SMILES string of the molecule is COCCCNC(=O)c1cccc(NCC(=O)Nc2ccc(C(=O)N3CCCC3)cc2)c1. The predicted molar refractivity (Wildman–Crippen MR) is 124 cm³/mol. The van der Waals surface area contributed by atoms with Gasteiger partial charge in [-0.1, -0.05) is 6.07 Å². The predicted octanol–water partition coefficient (Wildman–Crippen LogP) is 2.74. The van der Waals surface area contributed by atoms with Crippen molar-refractivity contribution in [2.45, 2.75) is 19.3 Å². The maximum atomic E-state index is 12.4. The molecule has 170 valence electrons. The first-order chi connectivity index (χ1) is 15.6. The lowest BCUT2D eigenvalue weighted by molar-refractivity contribution is -0.114. The third kappa shape index (κ3) is 6.81. The molecule has 0 radical (unpaired) electrons. The average molecular weight is 439 g/mol. The Kier molecular flexibility index (Phi) is 8.62. The molecule has 1 fully saturated rings. The summed E-state index contributed by atoms with van der Waals surface area (Å²) in [7, 11) is 1.62. The zero-order chi connectivity index (χ0) is 22.8. The lowest BCUT2D eigenvalue weighted by Crippen LogP contribution is -2.27. The van der Waals surface area contributed by atoms with E-state index in [9.17, 15) is 14.4 Å². The van der Waals surface area contributed by atoms with Crippen LogP contribution in [-0.2, 0) is 9.53 Å². The minimum atomic E-state index is -0.224. The summed E-state index contributed by atoms with van der Waals surface area (Å²) < 4.78 is 4.97. The topological polar surface area (TPSA) is 99.8 Å². The van der Waals surface area contributed by atoms with Crippen molar-refractivity contribution < 1.29 is 19.1 Å². The van der Waals surface area contributed by atoms with Gasteiger partial charge >= 0.3 is 0 Å². The number of amides is 3. The summed E-state index contributed by atoms with van der Waals surface area (Å²) in [6, 6.07) is 13.9. The van der Waals surface area contributed by atoms with Gasteiger partial charge < -0.3 is 25.6 Å². The molecule has 2 aromatic rings. The van der Waals surface area contributed by atoms with Gasteiger partial charge in [0.25, 0.3) is 11.8 Å². The molecule has 3 rings (SSSR count). The summed E-state index contributed by atoms with van der Waals surface area (Å²) >= 11 is 0. The molecular weight excluding hydrogens is 408 g/mol. The molecule has 0 spiro atoms. The molecule has 1 saturated heterocycles. The van der Waals surface area contributed by atoms with Crippen molar-refractivity contribution >= 4 is 29.1 Å². The number of methoxy groups -OCH3 is 1. The zero-order valence-electron chi connectivity index (χ0n) is 18.4. The molecule has 0 aliphatic carbocycles. The van der Waals surface area contributed by atoms with Gasteiger partial charge in [0, 0.05) is 55.9 Å². The Balaban J connectivity index is 1.46. The van der Waals surface area contributed by atoms with Crippen LogP contribution in [0.15, 0.2) is 48.5 Å². The normalized spacial score (nSPS) is 13.0. The number of hydrogen-bond donors (Lipinski definition) is 3. The smallest absolute Gasteiger partial charge is 0.253 e. The summed E-state index contributed by atoms with van der Waals surface area (Å²) in [5.41, 5.74) is 2.45. The molecule has 1 aliphatic heterocycles. The van der Waals surface area contributed by atoms with Crippen molar-refractivity contribution in [1.82, 2.24) is 10.2 Å². The van der Waals surface area contributed by atoms with E-state index in [0.717, 1.165) is 32.4 Å². The number of benzene rings is 2. The molecule has 8 nitrogen and oxygen atoms in total. The van der Waals surface area contributed by atoms with Crippen LogP contribution in [-0.4, -0.2) is 62.5 Å². The maximum Gasteiger partial charge on any atom is 0.253 e. The second-order valence-corrected chi connectivity index (χ2v) is 7.66. The molecule has 3 N–H and O–H groups in total. The second kappa shape index (κ2) is 11.9. The lowest BCUT2D eigenvalue weighted by Gasteiger charge is -2.15. The first kappa shape index (κ1) is 23.3. The van der Waals surface area contributed by atoms with Crippen molar-refractivity contribution in [1.29, 1.82) is 0 Å². The van der Waals surface area contributed by atoms with E-state index in [1.165, 1.54) is 0 Å². The third-order valence-electron chi connectivity index (χ3n) is 5.20. The highest BCUT2D eigenvalue weighted by molar-refractivity contribution is 5.97. The van der Waals surface area contributed by atoms with E-state index in [1.807, 2.05) is 4.90 Å². The summed E-state index contributed by atoms with van der Waals surface area (Å²) in [5.74, 6) is -0.361. The summed E-state index contributed by atoms with van der Waals surface area (Å²) in [4.78, 5) is 38.8. The third-order valence-corrected chi connectivity index (χ3v) is 5.20. The minimum absolute atomic E-state index is 0.0321. The second-order valence-electron chi connectivity index (χ2n) is 7.66. The average Bonchev–Trinajstić information content (AvgIpc) is 3.36. The van der Waals surface area contributed by atoms with E-state index in [2.05, 4.69) is 16.0 Å². The summed E-state index contributed by atoms with van der Waals surface area (Å²) in [6.07, 6.45) is 2.84. The number of ether oxygens (including phenoxy) is 1. The van der Waals surface area contributed by atoms with Crippen molar-refractivity contribution in [3.8, 4) is 0 Å². The van der Waals surface area contributed by atoms with Crippen LogP contribution in [0.2, 0.25) is 0 Å². The van der Waals surface area contributed by atoms with Crippen molar-refractivity contribution in [2.24, 2.45) is 0 Å². The molecule has 0 aromatic heterocycles. The fraction of sp³-hybridized carbons (Fsp3) is 0.375. The first-order valence-corrected chi connectivity index (χ1v) is 10.9. The van der Waals surface area contributed by atoms with Gasteiger partial charge in [-0.15, -0.1) is 0 Å². The van der Waals surface area contributed by atoms with Crippen molar-refractivity contribution in [2.75, 3.05) is 50.5 Å². The molecule has 2 aromatic carbocycles. The van der Waals surface area contributed by atoms with E-state index in [4.69, 9.17) is 4.74 Å².